The van der Waals surface area contributed by atoms with Crippen LogP contribution < -0.4 is 11.0 Å². The van der Waals surface area contributed by atoms with Gasteiger partial charge in [-0.25, -0.2) is 18.4 Å². The van der Waals surface area contributed by atoms with Gasteiger partial charge in [-0.15, -0.1) is 0 Å². The van der Waals surface area contributed by atoms with Crippen molar-refractivity contribution in [2.45, 2.75) is 44.6 Å². The minimum absolute atomic E-state index is 0.00662. The number of alkyl halides is 2. The molecule has 3 N–H and O–H groups in total. The van der Waals surface area contributed by atoms with Crippen LogP contribution in [0, 0.1) is 0 Å². The maximum absolute atomic E-state index is 13.2. The number of imide groups is 1. The van der Waals surface area contributed by atoms with Gasteiger partial charge < -0.3 is 19.7 Å². The van der Waals surface area contributed by atoms with Gasteiger partial charge in [0.05, 0.1) is 13.2 Å². The number of carbonyl (C=O) groups is 3. The van der Waals surface area contributed by atoms with Crippen molar-refractivity contribution in [3.05, 3.63) is 34.9 Å². The zero-order valence-corrected chi connectivity index (χ0v) is 17.6. The molecule has 0 aliphatic carbocycles. The molecule has 1 aromatic heterocycles. The molecule has 0 radical (unpaired) electrons. The maximum atomic E-state index is 13.2. The largest absolute Gasteiger partial charge is 0.449 e. The van der Waals surface area contributed by atoms with Gasteiger partial charge >= 0.3 is 11.8 Å². The molecule has 33 heavy (non-hydrogen) atoms. The van der Waals surface area contributed by atoms with Crippen molar-refractivity contribution in [2.75, 3.05) is 25.1 Å². The van der Waals surface area contributed by atoms with Crippen molar-refractivity contribution in [3.8, 4) is 0 Å². The number of rotatable bonds is 12. The molecule has 0 fully saturated rings. The van der Waals surface area contributed by atoms with E-state index in [9.17, 15) is 33.1 Å². The molecular weight excluding hydrogens is 450 g/mol. The topological polar surface area (TPSA) is 160 Å². The second kappa shape index (κ2) is 11.6. The van der Waals surface area contributed by atoms with Crippen LogP contribution >= 0.6 is 0 Å². The van der Waals surface area contributed by atoms with Crippen molar-refractivity contribution in [3.63, 3.8) is 0 Å². The number of aliphatic hydroxyl groups is 2. The van der Waals surface area contributed by atoms with Gasteiger partial charge in [0.1, 0.15) is 24.8 Å². The summed E-state index contributed by atoms with van der Waals surface area (Å²) >= 11 is 0. The Morgan fingerprint density at radius 2 is 1.91 bits per heavy atom. The number of nitrogens with one attached hydrogen (secondary N) is 1. The van der Waals surface area contributed by atoms with E-state index in [-0.39, 0.29) is 19.0 Å². The zero-order chi connectivity index (χ0) is 24.6. The van der Waals surface area contributed by atoms with E-state index in [4.69, 9.17) is 14.6 Å². The van der Waals surface area contributed by atoms with Crippen LogP contribution in [0.2, 0.25) is 0 Å². The molecule has 14 heteroatoms. The Balaban J connectivity index is 1.75. The number of aromatic nitrogens is 2. The first-order valence-corrected chi connectivity index (χ1v) is 9.86. The summed E-state index contributed by atoms with van der Waals surface area (Å²) in [5.41, 5.74) is -0.893. The number of hydrogen-bond donors (Lipinski definition) is 3. The van der Waals surface area contributed by atoms with Crippen LogP contribution in [-0.2, 0) is 25.8 Å². The van der Waals surface area contributed by atoms with E-state index in [0.29, 0.717) is 19.8 Å². The smallest absolute Gasteiger partial charge is 0.412 e. The quantitative estimate of drug-likeness (QED) is 0.276. The summed E-state index contributed by atoms with van der Waals surface area (Å²) in [6, 6.07) is 1.22. The molecular formula is C19H24F2N4O8. The second-order valence-corrected chi connectivity index (χ2v) is 7.11. The van der Waals surface area contributed by atoms with Crippen molar-refractivity contribution < 1.29 is 42.9 Å². The highest BCUT2D eigenvalue weighted by atomic mass is 19.3. The molecule has 0 bridgehead atoms. The summed E-state index contributed by atoms with van der Waals surface area (Å²) in [5, 5.41) is 20.8. The first kappa shape index (κ1) is 26.0. The summed E-state index contributed by atoms with van der Waals surface area (Å²) in [6.07, 6.45) is -0.487. The van der Waals surface area contributed by atoms with Crippen LogP contribution in [0.15, 0.2) is 29.2 Å². The van der Waals surface area contributed by atoms with Crippen molar-refractivity contribution in [1.82, 2.24) is 14.5 Å². The summed E-state index contributed by atoms with van der Waals surface area (Å²) in [5.74, 6) is -4.45. The van der Waals surface area contributed by atoms with E-state index < -0.39 is 55.1 Å². The Morgan fingerprint density at radius 3 is 2.48 bits per heavy atom. The van der Waals surface area contributed by atoms with Crippen LogP contribution in [-0.4, -0.2) is 80.5 Å². The lowest BCUT2D eigenvalue weighted by molar-refractivity contribution is -0.175. The molecule has 1 aliphatic rings. The molecule has 1 aromatic rings. The van der Waals surface area contributed by atoms with Gasteiger partial charge in [0.2, 0.25) is 0 Å². The Kier molecular flexibility index (Phi) is 9.13. The van der Waals surface area contributed by atoms with Gasteiger partial charge in [0, 0.05) is 31.8 Å². The fourth-order valence-corrected chi connectivity index (χ4v) is 2.67. The number of amides is 3. The van der Waals surface area contributed by atoms with E-state index in [2.05, 4.69) is 10.3 Å². The number of nitrogens with zero attached hydrogens (tertiary/aromatic N) is 3. The molecule has 3 amide bonds. The predicted octanol–water partition coefficient (Wildman–Crippen LogP) is -0.152. The van der Waals surface area contributed by atoms with Gasteiger partial charge in [0.25, 0.3) is 17.7 Å². The monoisotopic (exact) mass is 474 g/mol. The van der Waals surface area contributed by atoms with Gasteiger partial charge in [-0.05, 0) is 18.9 Å². The van der Waals surface area contributed by atoms with E-state index in [1.807, 2.05) is 0 Å². The van der Waals surface area contributed by atoms with Crippen LogP contribution in [0.25, 0.3) is 0 Å². The SMILES string of the molecule is CC(F)(F)[C@H](O)[C@@H](CO)OCn1ccc(NC(=O)OCCCCN2C(=O)C=CC2=O)nc1=O. The summed E-state index contributed by atoms with van der Waals surface area (Å²) in [7, 11) is 0. The molecule has 0 saturated carbocycles. The number of aliphatic hydroxyl groups excluding tert-OH is 2. The van der Waals surface area contributed by atoms with E-state index in [1.165, 1.54) is 18.2 Å². The molecule has 0 saturated heterocycles. The number of anilines is 1. The van der Waals surface area contributed by atoms with Gasteiger partial charge in [-0.2, -0.15) is 4.98 Å². The predicted molar refractivity (Wildman–Crippen MR) is 107 cm³/mol. The average Bonchev–Trinajstić information content (AvgIpc) is 3.06. The molecule has 182 valence electrons. The molecule has 12 nitrogen and oxygen atoms in total. The lowest BCUT2D eigenvalue weighted by atomic mass is 10.1. The first-order valence-electron chi connectivity index (χ1n) is 9.86. The van der Waals surface area contributed by atoms with Crippen molar-refractivity contribution in [2.24, 2.45) is 0 Å². The Bertz CT molecular complexity index is 928. The molecule has 2 atom stereocenters. The van der Waals surface area contributed by atoms with Crippen molar-refractivity contribution in [1.29, 1.82) is 0 Å². The zero-order valence-electron chi connectivity index (χ0n) is 17.6. The lowest BCUT2D eigenvalue weighted by Crippen LogP contribution is -2.44. The number of hydrogen-bond acceptors (Lipinski definition) is 9. The molecule has 0 unspecified atom stereocenters. The van der Waals surface area contributed by atoms with E-state index >= 15 is 0 Å². The van der Waals surface area contributed by atoms with Crippen LogP contribution in [0.5, 0.6) is 0 Å². The Labute approximate surface area is 186 Å². The highest BCUT2D eigenvalue weighted by Crippen LogP contribution is 2.21. The number of ether oxygens (including phenoxy) is 2. The fraction of sp³-hybridized carbons (Fsp3) is 0.526. The lowest BCUT2D eigenvalue weighted by Gasteiger charge is -2.26. The average molecular weight is 474 g/mol. The first-order chi connectivity index (χ1) is 15.5. The molecule has 0 spiro atoms. The maximum Gasteiger partial charge on any atom is 0.412 e. The van der Waals surface area contributed by atoms with Gasteiger partial charge in [-0.3, -0.25) is 24.4 Å². The third-order valence-electron chi connectivity index (χ3n) is 4.49. The summed E-state index contributed by atoms with van der Waals surface area (Å²) < 4.78 is 37.1. The number of carbonyl (C=O) groups excluding carboxylic acids is 3. The number of halogens is 2. The summed E-state index contributed by atoms with van der Waals surface area (Å²) in [6.45, 7) is -0.828. The molecule has 2 rings (SSSR count). The van der Waals surface area contributed by atoms with Gasteiger partial charge in [-0.1, -0.05) is 0 Å². The fourth-order valence-electron chi connectivity index (χ4n) is 2.67. The van der Waals surface area contributed by atoms with Gasteiger partial charge in [0.15, 0.2) is 0 Å². The Hall–Kier alpha value is -3.23. The third kappa shape index (κ3) is 7.69. The molecule has 1 aliphatic heterocycles. The molecule has 2 heterocycles. The highest BCUT2D eigenvalue weighted by Gasteiger charge is 2.39. The minimum atomic E-state index is -3.52. The van der Waals surface area contributed by atoms with E-state index in [1.54, 1.807) is 0 Å². The standard InChI is InChI=1S/C19H24F2N4O8/c1-19(20,21)16(29)12(10-26)33-11-24-8-6-13(22-17(24)30)23-18(31)32-9-3-2-7-25-14(27)4-5-15(25)28/h4-6,8,12,16,26,29H,2-3,7,9-11H2,1H3,(H,22,23,30,31)/t12-,16-/m1/s1. The van der Waals surface area contributed by atoms with E-state index in [0.717, 1.165) is 15.7 Å². The third-order valence-corrected chi connectivity index (χ3v) is 4.49. The normalized spacial score (nSPS) is 15.6. The van der Waals surface area contributed by atoms with Crippen LogP contribution in [0.4, 0.5) is 19.4 Å². The van der Waals surface area contributed by atoms with Crippen molar-refractivity contribution >= 4 is 23.7 Å². The minimum Gasteiger partial charge on any atom is -0.449 e. The van der Waals surface area contributed by atoms with Crippen LogP contribution in [0.3, 0.4) is 0 Å². The number of unbranched alkanes of at least 4 members (excludes halogenated alkanes) is 1. The second-order valence-electron chi connectivity index (χ2n) is 7.11. The van der Waals surface area contributed by atoms with Crippen LogP contribution in [0.1, 0.15) is 19.8 Å². The Morgan fingerprint density at radius 1 is 1.24 bits per heavy atom. The molecule has 0 aromatic carbocycles. The summed E-state index contributed by atoms with van der Waals surface area (Å²) in [4.78, 5) is 51.2. The highest BCUT2D eigenvalue weighted by molar-refractivity contribution is 6.12.